The van der Waals surface area contributed by atoms with Crippen LogP contribution in [0, 0.1) is 11.3 Å². The SMILES string of the molecule is CN(CC1CC1(C)C)C(=O)c1cccc2c1CCC2=O. The van der Waals surface area contributed by atoms with E-state index in [1.165, 1.54) is 6.42 Å². The number of ketones is 1. The molecule has 1 unspecified atom stereocenters. The molecule has 1 aromatic carbocycles. The van der Waals surface area contributed by atoms with Crippen molar-refractivity contribution in [1.82, 2.24) is 4.90 Å². The number of amides is 1. The van der Waals surface area contributed by atoms with E-state index in [1.807, 2.05) is 30.1 Å². The van der Waals surface area contributed by atoms with E-state index in [4.69, 9.17) is 0 Å². The fraction of sp³-hybridized carbons (Fsp3) is 0.529. The van der Waals surface area contributed by atoms with Gasteiger partial charge in [0.2, 0.25) is 0 Å². The molecule has 0 N–H and O–H groups in total. The highest BCUT2D eigenvalue weighted by atomic mass is 16.2. The molecule has 1 atom stereocenters. The smallest absolute Gasteiger partial charge is 0.253 e. The summed E-state index contributed by atoms with van der Waals surface area (Å²) in [5, 5.41) is 0. The molecule has 1 amide bonds. The number of hydrogen-bond acceptors (Lipinski definition) is 2. The summed E-state index contributed by atoms with van der Waals surface area (Å²) in [5.41, 5.74) is 2.79. The van der Waals surface area contributed by atoms with Crippen LogP contribution in [0.25, 0.3) is 0 Å². The van der Waals surface area contributed by atoms with Crippen molar-refractivity contribution in [2.45, 2.75) is 33.1 Å². The Morgan fingerprint density at radius 2 is 2.05 bits per heavy atom. The van der Waals surface area contributed by atoms with Crippen LogP contribution >= 0.6 is 0 Å². The Morgan fingerprint density at radius 1 is 1.35 bits per heavy atom. The van der Waals surface area contributed by atoms with Crippen LogP contribution in [0.15, 0.2) is 18.2 Å². The van der Waals surface area contributed by atoms with E-state index in [9.17, 15) is 9.59 Å². The summed E-state index contributed by atoms with van der Waals surface area (Å²) >= 11 is 0. The molecular weight excluding hydrogens is 250 g/mol. The highest BCUT2D eigenvalue weighted by Gasteiger charge is 2.46. The van der Waals surface area contributed by atoms with Crippen molar-refractivity contribution in [3.05, 3.63) is 34.9 Å². The van der Waals surface area contributed by atoms with Crippen LogP contribution in [0.1, 0.15) is 53.0 Å². The standard InChI is InChI=1S/C17H21NO2/c1-17(2)9-11(17)10-18(3)16(20)14-6-4-5-13-12(14)7-8-15(13)19/h4-6,11H,7-10H2,1-3H3. The first-order valence-electron chi connectivity index (χ1n) is 7.31. The minimum absolute atomic E-state index is 0.0549. The number of hydrogen-bond donors (Lipinski definition) is 0. The number of nitrogens with zero attached hydrogens (tertiary/aromatic N) is 1. The molecule has 3 rings (SSSR count). The molecule has 2 aliphatic rings. The van der Waals surface area contributed by atoms with Crippen molar-refractivity contribution in [2.24, 2.45) is 11.3 Å². The summed E-state index contributed by atoms with van der Waals surface area (Å²) < 4.78 is 0. The molecule has 106 valence electrons. The molecule has 20 heavy (non-hydrogen) atoms. The van der Waals surface area contributed by atoms with E-state index in [1.54, 1.807) is 0 Å². The molecule has 0 saturated heterocycles. The molecule has 0 heterocycles. The number of benzene rings is 1. The zero-order chi connectivity index (χ0) is 14.5. The first-order valence-corrected chi connectivity index (χ1v) is 7.31. The van der Waals surface area contributed by atoms with Gasteiger partial charge in [0.05, 0.1) is 0 Å². The van der Waals surface area contributed by atoms with Crippen LogP contribution in [0.4, 0.5) is 0 Å². The van der Waals surface area contributed by atoms with E-state index in [-0.39, 0.29) is 11.7 Å². The molecule has 0 aromatic heterocycles. The zero-order valence-electron chi connectivity index (χ0n) is 12.4. The van der Waals surface area contributed by atoms with Gasteiger partial charge in [0.15, 0.2) is 5.78 Å². The van der Waals surface area contributed by atoms with E-state index < -0.39 is 0 Å². The number of rotatable bonds is 3. The Bertz CT molecular complexity index is 589. The Balaban J connectivity index is 1.80. The second-order valence-corrected chi connectivity index (χ2v) is 6.83. The van der Waals surface area contributed by atoms with Crippen LogP contribution in [-0.4, -0.2) is 30.2 Å². The number of fused-ring (bicyclic) bond motifs is 1. The van der Waals surface area contributed by atoms with Gasteiger partial charge in [0, 0.05) is 31.1 Å². The van der Waals surface area contributed by atoms with Gasteiger partial charge in [-0.2, -0.15) is 0 Å². The van der Waals surface area contributed by atoms with Crippen LogP contribution in [-0.2, 0) is 6.42 Å². The number of Topliss-reactive ketones (excluding diaryl/α,β-unsaturated/α-hetero) is 1. The topological polar surface area (TPSA) is 37.4 Å². The molecule has 0 bridgehead atoms. The molecule has 1 fully saturated rings. The molecule has 0 spiro atoms. The predicted octanol–water partition coefficient (Wildman–Crippen LogP) is 2.93. The summed E-state index contributed by atoms with van der Waals surface area (Å²) in [4.78, 5) is 26.2. The van der Waals surface area contributed by atoms with Crippen molar-refractivity contribution in [3.63, 3.8) is 0 Å². The second-order valence-electron chi connectivity index (χ2n) is 6.83. The third-order valence-electron chi connectivity index (χ3n) is 4.87. The average Bonchev–Trinajstić information content (AvgIpc) is 2.82. The molecule has 1 aromatic rings. The Hall–Kier alpha value is -1.64. The number of carbonyl (C=O) groups is 2. The van der Waals surface area contributed by atoms with Gasteiger partial charge < -0.3 is 4.90 Å². The maximum absolute atomic E-state index is 12.6. The fourth-order valence-corrected chi connectivity index (χ4v) is 3.20. The maximum Gasteiger partial charge on any atom is 0.253 e. The van der Waals surface area contributed by atoms with Gasteiger partial charge in [-0.1, -0.05) is 26.0 Å². The van der Waals surface area contributed by atoms with Gasteiger partial charge in [0.25, 0.3) is 5.91 Å². The van der Waals surface area contributed by atoms with Crippen molar-refractivity contribution < 1.29 is 9.59 Å². The van der Waals surface area contributed by atoms with Crippen LogP contribution in [0.2, 0.25) is 0 Å². The van der Waals surface area contributed by atoms with E-state index in [2.05, 4.69) is 13.8 Å². The lowest BCUT2D eigenvalue weighted by Gasteiger charge is -2.19. The molecule has 0 radical (unpaired) electrons. The van der Waals surface area contributed by atoms with E-state index in [0.29, 0.717) is 29.7 Å². The first-order chi connectivity index (χ1) is 9.40. The van der Waals surface area contributed by atoms with Gasteiger partial charge in [0.1, 0.15) is 0 Å². The summed E-state index contributed by atoms with van der Waals surface area (Å²) in [6.07, 6.45) is 2.44. The van der Waals surface area contributed by atoms with Gasteiger partial charge in [-0.25, -0.2) is 0 Å². The lowest BCUT2D eigenvalue weighted by atomic mass is 10.0. The Labute approximate surface area is 120 Å². The second kappa shape index (κ2) is 4.44. The monoisotopic (exact) mass is 271 g/mol. The molecule has 3 heteroatoms. The predicted molar refractivity (Wildman–Crippen MR) is 77.9 cm³/mol. The van der Waals surface area contributed by atoms with Crippen LogP contribution in [0.3, 0.4) is 0 Å². The minimum Gasteiger partial charge on any atom is -0.341 e. The summed E-state index contributed by atoms with van der Waals surface area (Å²) in [5.74, 6) is 0.828. The van der Waals surface area contributed by atoms with Crippen molar-refractivity contribution in [2.75, 3.05) is 13.6 Å². The van der Waals surface area contributed by atoms with Crippen LogP contribution in [0.5, 0.6) is 0 Å². The third kappa shape index (κ3) is 2.15. The highest BCUT2D eigenvalue weighted by Crippen LogP contribution is 2.51. The zero-order valence-corrected chi connectivity index (χ0v) is 12.4. The normalized spacial score (nSPS) is 22.6. The quantitative estimate of drug-likeness (QED) is 0.847. The largest absolute Gasteiger partial charge is 0.341 e. The molecular formula is C17H21NO2. The van der Waals surface area contributed by atoms with Gasteiger partial charge in [-0.3, -0.25) is 9.59 Å². The summed E-state index contributed by atoms with van der Waals surface area (Å²) in [6, 6.07) is 5.52. The van der Waals surface area contributed by atoms with Crippen LogP contribution < -0.4 is 0 Å². The third-order valence-corrected chi connectivity index (χ3v) is 4.87. The first kappa shape index (κ1) is 13.3. The van der Waals surface area contributed by atoms with Gasteiger partial charge >= 0.3 is 0 Å². The lowest BCUT2D eigenvalue weighted by Crippen LogP contribution is -2.30. The maximum atomic E-state index is 12.6. The van der Waals surface area contributed by atoms with Crippen molar-refractivity contribution in [1.29, 1.82) is 0 Å². The molecule has 0 aliphatic heterocycles. The van der Waals surface area contributed by atoms with Gasteiger partial charge in [-0.15, -0.1) is 0 Å². The average molecular weight is 271 g/mol. The highest BCUT2D eigenvalue weighted by molar-refractivity contribution is 6.05. The van der Waals surface area contributed by atoms with Crippen molar-refractivity contribution in [3.8, 4) is 0 Å². The molecule has 3 nitrogen and oxygen atoms in total. The summed E-state index contributed by atoms with van der Waals surface area (Å²) in [7, 11) is 1.87. The fourth-order valence-electron chi connectivity index (χ4n) is 3.20. The Morgan fingerprint density at radius 3 is 2.70 bits per heavy atom. The van der Waals surface area contributed by atoms with Gasteiger partial charge in [-0.05, 0) is 35.8 Å². The molecule has 2 aliphatic carbocycles. The van der Waals surface area contributed by atoms with Crippen molar-refractivity contribution >= 4 is 11.7 Å². The molecule has 1 saturated carbocycles. The Kier molecular flexibility index (Phi) is 2.96. The van der Waals surface area contributed by atoms with E-state index in [0.717, 1.165) is 17.7 Å². The number of carbonyl (C=O) groups excluding carboxylic acids is 2. The lowest BCUT2D eigenvalue weighted by molar-refractivity contribution is 0.0783. The van der Waals surface area contributed by atoms with E-state index >= 15 is 0 Å². The summed E-state index contributed by atoms with van der Waals surface area (Å²) in [6.45, 7) is 5.30. The minimum atomic E-state index is 0.0549.